The van der Waals surface area contributed by atoms with E-state index in [1.807, 2.05) is 24.4 Å². The molecule has 8 nitrogen and oxygen atoms in total. The first-order valence-corrected chi connectivity index (χ1v) is 10.7. The number of hydrogen-bond acceptors (Lipinski definition) is 7. The lowest BCUT2D eigenvalue weighted by Crippen LogP contribution is -2.41. The topological polar surface area (TPSA) is 114 Å². The number of ether oxygens (including phenoxy) is 1. The molecular weight excluding hydrogens is 414 g/mol. The Morgan fingerprint density at radius 2 is 1.97 bits per heavy atom. The third-order valence-corrected chi connectivity index (χ3v) is 6.36. The van der Waals surface area contributed by atoms with E-state index in [0.717, 1.165) is 22.6 Å². The summed E-state index contributed by atoms with van der Waals surface area (Å²) < 4.78 is 5.06. The van der Waals surface area contributed by atoms with Crippen LogP contribution in [0.15, 0.2) is 17.5 Å². The highest BCUT2D eigenvalue weighted by Gasteiger charge is 2.31. The number of amides is 4. The molecule has 3 rings (SSSR count). The van der Waals surface area contributed by atoms with Crippen LogP contribution in [0.25, 0.3) is 0 Å². The van der Waals surface area contributed by atoms with Crippen LogP contribution in [-0.4, -0.2) is 30.4 Å². The predicted octanol–water partition coefficient (Wildman–Crippen LogP) is 2.96. The molecule has 2 aromatic heterocycles. The van der Waals surface area contributed by atoms with Gasteiger partial charge < -0.3 is 15.4 Å². The van der Waals surface area contributed by atoms with Gasteiger partial charge in [-0.25, -0.2) is 9.59 Å². The molecule has 2 aromatic rings. The predicted molar refractivity (Wildman–Crippen MR) is 110 cm³/mol. The molecule has 10 heteroatoms. The lowest BCUT2D eigenvalue weighted by molar-refractivity contribution is -0.123. The summed E-state index contributed by atoms with van der Waals surface area (Å²) in [6, 6.07) is 3.05. The van der Waals surface area contributed by atoms with Gasteiger partial charge in [-0.1, -0.05) is 6.07 Å². The minimum absolute atomic E-state index is 0.0000465. The number of thiophene rings is 2. The maximum absolute atomic E-state index is 12.5. The second-order valence-corrected chi connectivity index (χ2v) is 8.89. The molecule has 0 unspecified atom stereocenters. The summed E-state index contributed by atoms with van der Waals surface area (Å²) in [5.74, 6) is -1.57. The van der Waals surface area contributed by atoms with Gasteiger partial charge in [0.05, 0.1) is 12.1 Å². The van der Waals surface area contributed by atoms with E-state index in [4.69, 9.17) is 4.74 Å². The first kappa shape index (κ1) is 21.0. The van der Waals surface area contributed by atoms with E-state index in [1.165, 1.54) is 22.7 Å². The molecule has 4 amide bonds. The average molecular weight is 436 g/mol. The minimum Gasteiger partial charge on any atom is -0.452 e. The van der Waals surface area contributed by atoms with Crippen LogP contribution >= 0.6 is 22.7 Å². The van der Waals surface area contributed by atoms with Crippen LogP contribution in [-0.2, 0) is 20.9 Å². The zero-order valence-electron chi connectivity index (χ0n) is 16.0. The monoisotopic (exact) mass is 435 g/mol. The summed E-state index contributed by atoms with van der Waals surface area (Å²) >= 11 is 2.78. The number of rotatable bonds is 7. The Bertz CT molecular complexity index is 932. The molecule has 1 aliphatic carbocycles. The molecule has 1 aliphatic rings. The van der Waals surface area contributed by atoms with Crippen molar-refractivity contribution in [3.05, 3.63) is 38.4 Å². The molecule has 0 radical (unpaired) electrons. The number of esters is 1. The van der Waals surface area contributed by atoms with Crippen molar-refractivity contribution in [2.24, 2.45) is 5.92 Å². The van der Waals surface area contributed by atoms with E-state index in [0.29, 0.717) is 17.1 Å². The Morgan fingerprint density at radius 3 is 2.62 bits per heavy atom. The van der Waals surface area contributed by atoms with Gasteiger partial charge in [-0.3, -0.25) is 14.9 Å². The summed E-state index contributed by atoms with van der Waals surface area (Å²) in [7, 11) is 0. The van der Waals surface area contributed by atoms with E-state index in [-0.39, 0.29) is 17.4 Å². The van der Waals surface area contributed by atoms with E-state index in [1.54, 1.807) is 6.92 Å². The number of hydrogen-bond donors (Lipinski definition) is 3. The normalized spacial score (nSPS) is 12.9. The van der Waals surface area contributed by atoms with E-state index in [9.17, 15) is 19.2 Å². The molecule has 0 atom stereocenters. The summed E-state index contributed by atoms with van der Waals surface area (Å²) in [5, 5.41) is 9.75. The molecule has 154 valence electrons. The number of carbonyl (C=O) groups excluding carboxylic acids is 4. The largest absolute Gasteiger partial charge is 0.452 e. The Morgan fingerprint density at radius 1 is 1.21 bits per heavy atom. The Hall–Kier alpha value is -2.72. The van der Waals surface area contributed by atoms with Gasteiger partial charge in [0, 0.05) is 15.7 Å². The molecule has 0 saturated heterocycles. The van der Waals surface area contributed by atoms with Crippen LogP contribution in [0.2, 0.25) is 0 Å². The zero-order valence-corrected chi connectivity index (χ0v) is 17.6. The first-order valence-electron chi connectivity index (χ1n) is 9.03. The third-order valence-electron chi connectivity index (χ3n) is 4.36. The smallest absolute Gasteiger partial charge is 0.341 e. The zero-order chi connectivity index (χ0) is 21.0. The van der Waals surface area contributed by atoms with Crippen molar-refractivity contribution in [2.75, 3.05) is 11.9 Å². The van der Waals surface area contributed by atoms with Crippen LogP contribution in [0.1, 0.15) is 38.5 Å². The molecule has 2 heterocycles. The molecule has 3 N–H and O–H groups in total. The second-order valence-electron chi connectivity index (χ2n) is 6.64. The number of aryl methyl sites for hydroxylation is 1. The standard InChI is InChI=1S/C19H21N3O5S2/c1-10-11(2)29-17(22-16(24)12-5-6-12)15(10)18(25)27-9-14(23)21-19(26)20-8-13-4-3-7-28-13/h3-4,7,12H,5-6,8-9H2,1-2H3,(H,22,24)(H2,20,21,23,26). The van der Waals surface area contributed by atoms with Crippen molar-refractivity contribution in [3.8, 4) is 0 Å². The van der Waals surface area contributed by atoms with Gasteiger partial charge in [0.15, 0.2) is 6.61 Å². The van der Waals surface area contributed by atoms with Gasteiger partial charge >= 0.3 is 12.0 Å². The third kappa shape index (κ3) is 5.64. The van der Waals surface area contributed by atoms with Gasteiger partial charge in [-0.05, 0) is 43.7 Å². The number of urea groups is 1. The van der Waals surface area contributed by atoms with Gasteiger partial charge in [-0.2, -0.15) is 0 Å². The number of imide groups is 1. The minimum atomic E-state index is -0.741. The lowest BCUT2D eigenvalue weighted by atomic mass is 10.1. The fourth-order valence-corrected chi connectivity index (χ4v) is 4.21. The summed E-state index contributed by atoms with van der Waals surface area (Å²) in [5.41, 5.74) is 0.941. The van der Waals surface area contributed by atoms with Crippen molar-refractivity contribution in [2.45, 2.75) is 33.2 Å². The van der Waals surface area contributed by atoms with Crippen molar-refractivity contribution in [1.82, 2.24) is 10.6 Å². The number of carbonyl (C=O) groups is 4. The van der Waals surface area contributed by atoms with E-state index in [2.05, 4.69) is 16.0 Å². The van der Waals surface area contributed by atoms with Crippen molar-refractivity contribution >= 4 is 51.5 Å². The molecule has 0 aliphatic heterocycles. The van der Waals surface area contributed by atoms with Crippen LogP contribution in [0, 0.1) is 19.8 Å². The van der Waals surface area contributed by atoms with Crippen LogP contribution in [0.5, 0.6) is 0 Å². The second kappa shape index (κ2) is 9.19. The molecule has 0 spiro atoms. The maximum atomic E-state index is 12.5. The highest BCUT2D eigenvalue weighted by atomic mass is 32.1. The fraction of sp³-hybridized carbons (Fsp3) is 0.368. The van der Waals surface area contributed by atoms with Crippen molar-refractivity contribution < 1.29 is 23.9 Å². The Balaban J connectivity index is 1.51. The van der Waals surface area contributed by atoms with Gasteiger partial charge in [0.1, 0.15) is 5.00 Å². The molecule has 29 heavy (non-hydrogen) atoms. The SMILES string of the molecule is Cc1sc(NC(=O)C2CC2)c(C(=O)OCC(=O)NC(=O)NCc2cccs2)c1C. The molecule has 1 fully saturated rings. The van der Waals surface area contributed by atoms with Crippen LogP contribution in [0.4, 0.5) is 9.80 Å². The molecular formula is C19H21N3O5S2. The van der Waals surface area contributed by atoms with E-state index < -0.39 is 24.5 Å². The average Bonchev–Trinajstić information content (AvgIpc) is 3.33. The Kier molecular flexibility index (Phi) is 6.65. The molecule has 1 saturated carbocycles. The fourth-order valence-electron chi connectivity index (χ4n) is 2.51. The molecule has 0 bridgehead atoms. The van der Waals surface area contributed by atoms with Crippen LogP contribution < -0.4 is 16.0 Å². The summed E-state index contributed by atoms with van der Waals surface area (Å²) in [4.78, 5) is 50.0. The van der Waals surface area contributed by atoms with Crippen molar-refractivity contribution in [3.63, 3.8) is 0 Å². The summed E-state index contributed by atoms with van der Waals surface area (Å²) in [6.07, 6.45) is 1.70. The van der Waals surface area contributed by atoms with Gasteiger partial charge in [0.25, 0.3) is 5.91 Å². The number of nitrogens with one attached hydrogen (secondary N) is 3. The first-order chi connectivity index (χ1) is 13.8. The van der Waals surface area contributed by atoms with E-state index >= 15 is 0 Å². The lowest BCUT2D eigenvalue weighted by Gasteiger charge is -2.09. The Labute approximate surface area is 175 Å². The summed E-state index contributed by atoms with van der Waals surface area (Å²) in [6.45, 7) is 3.30. The van der Waals surface area contributed by atoms with Crippen LogP contribution in [0.3, 0.4) is 0 Å². The van der Waals surface area contributed by atoms with Gasteiger partial charge in [0.2, 0.25) is 5.91 Å². The van der Waals surface area contributed by atoms with Gasteiger partial charge in [-0.15, -0.1) is 22.7 Å². The van der Waals surface area contributed by atoms with Crippen molar-refractivity contribution in [1.29, 1.82) is 0 Å². The number of anilines is 1. The quantitative estimate of drug-likeness (QED) is 0.579. The molecule has 0 aromatic carbocycles. The maximum Gasteiger partial charge on any atom is 0.341 e. The highest BCUT2D eigenvalue weighted by Crippen LogP contribution is 2.36. The highest BCUT2D eigenvalue weighted by molar-refractivity contribution is 7.16.